The van der Waals surface area contributed by atoms with Crippen LogP contribution in [0.3, 0.4) is 0 Å². The number of aromatic nitrogens is 2. The molecule has 0 aliphatic rings. The van der Waals surface area contributed by atoms with Crippen LogP contribution >= 0.6 is 11.3 Å². The minimum Gasteiger partial charge on any atom is -0.292 e. The number of carbonyl (C=O) groups excluding carboxylic acids is 1. The average molecular weight is 445 g/mol. The van der Waals surface area contributed by atoms with Gasteiger partial charge in [-0.2, -0.15) is 0 Å². The smallest absolute Gasteiger partial charge is 0.263 e. The number of Topliss-reactive ketones (excluding diaryl/α,β-unsaturated/α-hetero) is 1. The molecule has 0 radical (unpaired) electrons. The van der Waals surface area contributed by atoms with Gasteiger partial charge in [0.15, 0.2) is 5.78 Å². The summed E-state index contributed by atoms with van der Waals surface area (Å²) >= 11 is 1.49. The van der Waals surface area contributed by atoms with Crippen molar-refractivity contribution in [1.29, 1.82) is 0 Å². The lowest BCUT2D eigenvalue weighted by atomic mass is 10.0. The Morgan fingerprint density at radius 1 is 0.969 bits per heavy atom. The molecule has 0 saturated heterocycles. The van der Waals surface area contributed by atoms with Gasteiger partial charge in [-0.15, -0.1) is 11.3 Å². The van der Waals surface area contributed by atoms with Crippen LogP contribution in [-0.2, 0) is 13.0 Å². The van der Waals surface area contributed by atoms with Crippen LogP contribution in [0.25, 0.3) is 21.3 Å². The molecule has 2 aromatic heterocycles. The Balaban J connectivity index is 1.85. The fourth-order valence-electron chi connectivity index (χ4n) is 3.92. The summed E-state index contributed by atoms with van der Waals surface area (Å²) in [6.07, 6.45) is 1.51. The van der Waals surface area contributed by atoms with Crippen LogP contribution in [0.1, 0.15) is 51.8 Å². The maximum Gasteiger partial charge on any atom is 0.263 e. The second-order valence-electron chi connectivity index (χ2n) is 8.52. The van der Waals surface area contributed by atoms with E-state index in [4.69, 9.17) is 4.98 Å². The minimum atomic E-state index is -0.134. The summed E-state index contributed by atoms with van der Waals surface area (Å²) in [5, 5.41) is 2.61. The van der Waals surface area contributed by atoms with Crippen molar-refractivity contribution in [3.63, 3.8) is 0 Å². The van der Waals surface area contributed by atoms with E-state index >= 15 is 0 Å². The molecule has 2 heterocycles. The lowest BCUT2D eigenvalue weighted by Gasteiger charge is -2.13. The van der Waals surface area contributed by atoms with Gasteiger partial charge in [-0.05, 0) is 68.0 Å². The Morgan fingerprint density at radius 2 is 1.66 bits per heavy atom. The van der Waals surface area contributed by atoms with Gasteiger partial charge in [0.05, 0.1) is 11.9 Å². The summed E-state index contributed by atoms with van der Waals surface area (Å²) in [5.41, 5.74) is 7.00. The first-order chi connectivity index (χ1) is 15.3. The zero-order valence-corrected chi connectivity index (χ0v) is 20.1. The van der Waals surface area contributed by atoms with E-state index < -0.39 is 0 Å². The number of ketones is 1. The molecular formula is C27H28N2O2S. The van der Waals surface area contributed by atoms with E-state index in [-0.39, 0.29) is 17.9 Å². The lowest BCUT2D eigenvalue weighted by Crippen LogP contribution is -2.28. The average Bonchev–Trinajstić information content (AvgIpc) is 3.19. The standard InChI is InChI=1S/C27H28N2O2S/c1-6-7-24-28-26-25(22(15-32-26)20-10-8-16(2)18(4)12-20)27(31)29(24)14-23(30)21-11-9-17(3)19(5)13-21/h8-13,15H,6-7,14H2,1-5H3. The van der Waals surface area contributed by atoms with E-state index in [2.05, 4.69) is 32.9 Å². The fourth-order valence-corrected chi connectivity index (χ4v) is 4.87. The van der Waals surface area contributed by atoms with Gasteiger partial charge in [-0.3, -0.25) is 14.2 Å². The highest BCUT2D eigenvalue weighted by Gasteiger charge is 2.19. The largest absolute Gasteiger partial charge is 0.292 e. The van der Waals surface area contributed by atoms with Crippen molar-refractivity contribution in [3.8, 4) is 11.1 Å². The highest BCUT2D eigenvalue weighted by atomic mass is 32.1. The molecule has 0 saturated carbocycles. The minimum absolute atomic E-state index is 0.00181. The molecular weight excluding hydrogens is 416 g/mol. The molecule has 0 unspecified atom stereocenters. The molecule has 4 nitrogen and oxygen atoms in total. The van der Waals surface area contributed by atoms with Gasteiger partial charge in [0.2, 0.25) is 0 Å². The Labute approximate surface area is 192 Å². The van der Waals surface area contributed by atoms with E-state index in [1.807, 2.05) is 43.5 Å². The number of aryl methyl sites for hydroxylation is 5. The summed E-state index contributed by atoms with van der Waals surface area (Å²) in [5.74, 6) is 0.604. The van der Waals surface area contributed by atoms with Crippen LogP contribution in [0.15, 0.2) is 46.6 Å². The van der Waals surface area contributed by atoms with Crippen LogP contribution in [0.5, 0.6) is 0 Å². The number of hydrogen-bond donors (Lipinski definition) is 0. The van der Waals surface area contributed by atoms with Gasteiger partial charge in [0, 0.05) is 22.9 Å². The molecule has 32 heavy (non-hydrogen) atoms. The Bertz CT molecular complexity index is 1400. The monoisotopic (exact) mass is 444 g/mol. The second kappa shape index (κ2) is 8.83. The summed E-state index contributed by atoms with van der Waals surface area (Å²) in [4.78, 5) is 32.4. The normalized spacial score (nSPS) is 11.3. The summed E-state index contributed by atoms with van der Waals surface area (Å²) in [6, 6.07) is 11.9. The Hall–Kier alpha value is -3.05. The van der Waals surface area contributed by atoms with Crippen LogP contribution in [0.4, 0.5) is 0 Å². The van der Waals surface area contributed by atoms with Gasteiger partial charge in [-0.1, -0.05) is 37.3 Å². The quantitative estimate of drug-likeness (QED) is 0.333. The zero-order chi connectivity index (χ0) is 23.0. The molecule has 4 rings (SSSR count). The number of rotatable bonds is 6. The van der Waals surface area contributed by atoms with Crippen molar-refractivity contribution < 1.29 is 4.79 Å². The number of carbonyl (C=O) groups is 1. The first-order valence-electron chi connectivity index (χ1n) is 11.0. The van der Waals surface area contributed by atoms with Gasteiger partial charge in [0.25, 0.3) is 5.56 Å². The molecule has 0 spiro atoms. The molecule has 164 valence electrons. The molecule has 0 aliphatic carbocycles. The lowest BCUT2D eigenvalue weighted by molar-refractivity contribution is 0.0969. The van der Waals surface area contributed by atoms with Crippen molar-refractivity contribution >= 4 is 27.3 Å². The predicted molar refractivity (Wildman–Crippen MR) is 133 cm³/mol. The summed E-state index contributed by atoms with van der Waals surface area (Å²) in [7, 11) is 0. The number of benzene rings is 2. The second-order valence-corrected chi connectivity index (χ2v) is 9.38. The van der Waals surface area contributed by atoms with Crippen LogP contribution in [0.2, 0.25) is 0 Å². The van der Waals surface area contributed by atoms with E-state index in [1.54, 1.807) is 4.57 Å². The highest BCUT2D eigenvalue weighted by Crippen LogP contribution is 2.32. The topological polar surface area (TPSA) is 52.0 Å². The predicted octanol–water partition coefficient (Wildman–Crippen LogP) is 6.19. The number of hydrogen-bond acceptors (Lipinski definition) is 4. The molecule has 0 N–H and O–H groups in total. The summed E-state index contributed by atoms with van der Waals surface area (Å²) in [6.45, 7) is 10.2. The number of thiophene rings is 1. The molecule has 0 bridgehead atoms. The molecule has 0 amide bonds. The van der Waals surface area contributed by atoms with Crippen molar-refractivity contribution in [2.75, 3.05) is 0 Å². The van der Waals surface area contributed by atoms with E-state index in [9.17, 15) is 9.59 Å². The highest BCUT2D eigenvalue weighted by molar-refractivity contribution is 7.17. The third-order valence-electron chi connectivity index (χ3n) is 6.19. The van der Waals surface area contributed by atoms with E-state index in [0.717, 1.165) is 33.5 Å². The van der Waals surface area contributed by atoms with Crippen molar-refractivity contribution in [3.05, 3.63) is 85.8 Å². The van der Waals surface area contributed by atoms with E-state index in [0.29, 0.717) is 23.2 Å². The first kappa shape index (κ1) is 22.2. The maximum absolute atomic E-state index is 13.7. The van der Waals surface area contributed by atoms with Gasteiger partial charge in [-0.25, -0.2) is 4.98 Å². The Morgan fingerprint density at radius 3 is 2.31 bits per heavy atom. The first-order valence-corrected chi connectivity index (χ1v) is 11.9. The molecule has 0 atom stereocenters. The van der Waals surface area contributed by atoms with Gasteiger partial charge < -0.3 is 0 Å². The molecule has 5 heteroatoms. The third-order valence-corrected chi connectivity index (χ3v) is 7.07. The van der Waals surface area contributed by atoms with Gasteiger partial charge >= 0.3 is 0 Å². The number of nitrogens with zero attached hydrogens (tertiary/aromatic N) is 2. The van der Waals surface area contributed by atoms with Crippen molar-refractivity contribution in [2.24, 2.45) is 0 Å². The SMILES string of the molecule is CCCc1nc2scc(-c3ccc(C)c(C)c3)c2c(=O)n1CC(=O)c1ccc(C)c(C)c1. The maximum atomic E-state index is 13.7. The van der Waals surface area contributed by atoms with Crippen molar-refractivity contribution in [2.45, 2.75) is 54.0 Å². The molecule has 0 fully saturated rings. The summed E-state index contributed by atoms with van der Waals surface area (Å²) < 4.78 is 1.58. The van der Waals surface area contributed by atoms with E-state index in [1.165, 1.54) is 22.5 Å². The third kappa shape index (κ3) is 4.05. The van der Waals surface area contributed by atoms with Crippen LogP contribution in [0, 0.1) is 27.7 Å². The van der Waals surface area contributed by atoms with Crippen molar-refractivity contribution in [1.82, 2.24) is 9.55 Å². The fraction of sp³-hybridized carbons (Fsp3) is 0.296. The molecule has 0 aliphatic heterocycles. The zero-order valence-electron chi connectivity index (χ0n) is 19.3. The van der Waals surface area contributed by atoms with Crippen LogP contribution in [-0.4, -0.2) is 15.3 Å². The van der Waals surface area contributed by atoms with Crippen LogP contribution < -0.4 is 5.56 Å². The molecule has 4 aromatic rings. The molecule has 2 aromatic carbocycles. The van der Waals surface area contributed by atoms with Gasteiger partial charge in [0.1, 0.15) is 10.7 Å². The Kier molecular flexibility index (Phi) is 6.11. The number of fused-ring (bicyclic) bond motifs is 1.